The van der Waals surface area contributed by atoms with Crippen molar-refractivity contribution in [3.05, 3.63) is 53.2 Å². The third kappa shape index (κ3) is 2.37. The van der Waals surface area contributed by atoms with Gasteiger partial charge in [-0.3, -0.25) is 9.48 Å². The fourth-order valence-corrected chi connectivity index (χ4v) is 3.36. The highest BCUT2D eigenvalue weighted by atomic mass is 16.2. The van der Waals surface area contributed by atoms with Crippen molar-refractivity contribution >= 4 is 11.6 Å². The number of carbonyl (C=O) groups is 1. The van der Waals surface area contributed by atoms with Gasteiger partial charge in [0.25, 0.3) is 0 Å². The van der Waals surface area contributed by atoms with Gasteiger partial charge in [-0.1, -0.05) is 6.07 Å². The molecule has 1 unspecified atom stereocenters. The molecule has 0 saturated carbocycles. The minimum absolute atomic E-state index is 0.0331. The maximum atomic E-state index is 12.7. The maximum Gasteiger partial charge on any atom is 0.242 e. The Morgan fingerprint density at radius 2 is 2.33 bits per heavy atom. The van der Waals surface area contributed by atoms with Crippen LogP contribution in [-0.4, -0.2) is 31.6 Å². The summed E-state index contributed by atoms with van der Waals surface area (Å²) in [5, 5.41) is 10.6. The normalized spacial score (nSPS) is 17.0. The summed E-state index contributed by atoms with van der Waals surface area (Å²) in [5.74, 6) is -0.0331. The molecule has 0 saturated heterocycles. The summed E-state index contributed by atoms with van der Waals surface area (Å²) in [6, 6.07) is 5.54. The lowest BCUT2D eigenvalue weighted by Crippen LogP contribution is -2.41. The van der Waals surface area contributed by atoms with E-state index >= 15 is 0 Å². The predicted octanol–water partition coefficient (Wildman–Crippen LogP) is 0.879. The van der Waals surface area contributed by atoms with Gasteiger partial charge < -0.3 is 15.0 Å². The third-order valence-corrected chi connectivity index (χ3v) is 4.64. The molecule has 0 radical (unpaired) electrons. The van der Waals surface area contributed by atoms with Crippen molar-refractivity contribution in [3.63, 3.8) is 0 Å². The Balaban J connectivity index is 1.54. The van der Waals surface area contributed by atoms with Crippen molar-refractivity contribution in [2.75, 3.05) is 6.54 Å². The lowest BCUT2D eigenvalue weighted by atomic mass is 10.0. The van der Waals surface area contributed by atoms with Crippen LogP contribution in [0.4, 0.5) is 0 Å². The van der Waals surface area contributed by atoms with Crippen molar-refractivity contribution in [3.8, 4) is 0 Å². The standard InChI is InChI=1S/C17H20N6O/c1-11-14(23-8-4-3-5-15(23)21-11)10-19-17(24)16-12-9-20-22(2)13(12)6-7-18-16/h3-5,8-9,16,18H,6-7,10H2,1-2H3,(H,19,24). The Hall–Kier alpha value is -2.67. The Morgan fingerprint density at radius 1 is 1.46 bits per heavy atom. The van der Waals surface area contributed by atoms with E-state index < -0.39 is 0 Å². The summed E-state index contributed by atoms with van der Waals surface area (Å²) in [7, 11) is 1.92. The summed E-state index contributed by atoms with van der Waals surface area (Å²) in [4.78, 5) is 17.2. The number of fused-ring (bicyclic) bond motifs is 2. The molecule has 7 heteroatoms. The van der Waals surface area contributed by atoms with E-state index in [-0.39, 0.29) is 11.9 Å². The molecule has 0 fully saturated rings. The quantitative estimate of drug-likeness (QED) is 0.750. The second-order valence-electron chi connectivity index (χ2n) is 6.10. The summed E-state index contributed by atoms with van der Waals surface area (Å²) < 4.78 is 3.87. The zero-order valence-electron chi connectivity index (χ0n) is 13.8. The fraction of sp³-hybridized carbons (Fsp3) is 0.353. The minimum Gasteiger partial charge on any atom is -0.349 e. The molecular formula is C17H20N6O. The van der Waals surface area contributed by atoms with E-state index in [4.69, 9.17) is 0 Å². The number of hydrogen-bond acceptors (Lipinski definition) is 4. The van der Waals surface area contributed by atoms with Gasteiger partial charge in [0.05, 0.1) is 24.1 Å². The first-order valence-electron chi connectivity index (χ1n) is 8.09. The van der Waals surface area contributed by atoms with E-state index in [1.165, 1.54) is 0 Å². The van der Waals surface area contributed by atoms with Crippen LogP contribution in [0, 0.1) is 6.92 Å². The average molecular weight is 324 g/mol. The van der Waals surface area contributed by atoms with E-state index in [1.807, 2.05) is 47.4 Å². The van der Waals surface area contributed by atoms with E-state index in [0.29, 0.717) is 6.54 Å². The largest absolute Gasteiger partial charge is 0.349 e. The molecule has 1 amide bonds. The molecule has 0 aliphatic carbocycles. The van der Waals surface area contributed by atoms with Crippen LogP contribution in [0.5, 0.6) is 0 Å². The summed E-state index contributed by atoms with van der Waals surface area (Å²) >= 11 is 0. The van der Waals surface area contributed by atoms with Crippen LogP contribution < -0.4 is 10.6 Å². The van der Waals surface area contributed by atoms with Gasteiger partial charge in [-0.05, 0) is 19.1 Å². The number of carbonyl (C=O) groups excluding carboxylic acids is 1. The van der Waals surface area contributed by atoms with Crippen LogP contribution in [0.15, 0.2) is 30.6 Å². The molecule has 7 nitrogen and oxygen atoms in total. The number of imidazole rings is 1. The zero-order valence-corrected chi connectivity index (χ0v) is 13.8. The van der Waals surface area contributed by atoms with Crippen molar-refractivity contribution in [2.24, 2.45) is 7.05 Å². The van der Waals surface area contributed by atoms with Gasteiger partial charge in [0, 0.05) is 37.5 Å². The first-order chi connectivity index (χ1) is 11.6. The van der Waals surface area contributed by atoms with E-state index in [2.05, 4.69) is 20.7 Å². The number of rotatable bonds is 3. The molecule has 4 rings (SSSR count). The first kappa shape index (κ1) is 14.9. The lowest BCUT2D eigenvalue weighted by molar-refractivity contribution is -0.123. The molecule has 0 spiro atoms. The second kappa shape index (κ2) is 5.76. The lowest BCUT2D eigenvalue weighted by Gasteiger charge is -2.23. The third-order valence-electron chi connectivity index (χ3n) is 4.64. The van der Waals surface area contributed by atoms with Crippen LogP contribution in [0.25, 0.3) is 5.65 Å². The summed E-state index contributed by atoms with van der Waals surface area (Å²) in [5.41, 5.74) is 4.92. The Kier molecular flexibility index (Phi) is 3.57. The molecule has 2 N–H and O–H groups in total. The molecule has 1 atom stereocenters. The van der Waals surface area contributed by atoms with E-state index in [0.717, 1.165) is 41.3 Å². The molecule has 3 aromatic heterocycles. The van der Waals surface area contributed by atoms with Crippen LogP contribution in [-0.2, 0) is 24.8 Å². The molecule has 1 aliphatic heterocycles. The van der Waals surface area contributed by atoms with Gasteiger partial charge in [0.1, 0.15) is 11.7 Å². The second-order valence-corrected chi connectivity index (χ2v) is 6.10. The topological polar surface area (TPSA) is 76.2 Å². The van der Waals surface area contributed by atoms with Crippen LogP contribution >= 0.6 is 0 Å². The van der Waals surface area contributed by atoms with E-state index in [9.17, 15) is 4.79 Å². The number of pyridine rings is 1. The number of amides is 1. The first-order valence-corrected chi connectivity index (χ1v) is 8.09. The number of nitrogens with zero attached hydrogens (tertiary/aromatic N) is 4. The number of nitrogens with one attached hydrogen (secondary N) is 2. The zero-order chi connectivity index (χ0) is 16.7. The van der Waals surface area contributed by atoms with Gasteiger partial charge in [0.15, 0.2) is 0 Å². The molecule has 0 aromatic carbocycles. The predicted molar refractivity (Wildman–Crippen MR) is 89.4 cm³/mol. The van der Waals surface area contributed by atoms with Crippen molar-refractivity contribution < 1.29 is 4.79 Å². The maximum absolute atomic E-state index is 12.7. The number of hydrogen-bond donors (Lipinski definition) is 2. The number of aromatic nitrogens is 4. The molecule has 3 aromatic rings. The van der Waals surface area contributed by atoms with Crippen molar-refractivity contribution in [1.29, 1.82) is 0 Å². The highest BCUT2D eigenvalue weighted by Gasteiger charge is 2.28. The van der Waals surface area contributed by atoms with Gasteiger partial charge in [-0.25, -0.2) is 4.98 Å². The minimum atomic E-state index is -0.345. The van der Waals surface area contributed by atoms with Gasteiger partial charge in [-0.2, -0.15) is 5.10 Å². The smallest absolute Gasteiger partial charge is 0.242 e. The highest BCUT2D eigenvalue weighted by molar-refractivity contribution is 5.83. The molecule has 124 valence electrons. The molecule has 24 heavy (non-hydrogen) atoms. The van der Waals surface area contributed by atoms with Crippen molar-refractivity contribution in [2.45, 2.75) is 25.9 Å². The van der Waals surface area contributed by atoms with Crippen LogP contribution in [0.3, 0.4) is 0 Å². The van der Waals surface area contributed by atoms with Crippen molar-refractivity contribution in [1.82, 2.24) is 29.8 Å². The summed E-state index contributed by atoms with van der Waals surface area (Å²) in [6.07, 6.45) is 4.64. The monoisotopic (exact) mass is 324 g/mol. The molecule has 1 aliphatic rings. The highest BCUT2D eigenvalue weighted by Crippen LogP contribution is 2.22. The van der Waals surface area contributed by atoms with Gasteiger partial charge >= 0.3 is 0 Å². The molecule has 4 heterocycles. The fourth-order valence-electron chi connectivity index (χ4n) is 3.36. The van der Waals surface area contributed by atoms with Crippen LogP contribution in [0.1, 0.15) is 28.7 Å². The number of aryl methyl sites for hydroxylation is 2. The molecular weight excluding hydrogens is 304 g/mol. The Labute approximate surface area is 139 Å². The Bertz CT molecular complexity index is 909. The molecule has 0 bridgehead atoms. The SMILES string of the molecule is Cc1nc2ccccn2c1CNC(=O)C1NCCc2c1cnn2C. The van der Waals surface area contributed by atoms with E-state index in [1.54, 1.807) is 6.20 Å². The van der Waals surface area contributed by atoms with Gasteiger partial charge in [-0.15, -0.1) is 0 Å². The van der Waals surface area contributed by atoms with Crippen LogP contribution in [0.2, 0.25) is 0 Å². The average Bonchev–Trinajstić information content (AvgIpc) is 3.12. The Morgan fingerprint density at radius 3 is 3.21 bits per heavy atom. The summed E-state index contributed by atoms with van der Waals surface area (Å²) in [6.45, 7) is 3.19. The van der Waals surface area contributed by atoms with Gasteiger partial charge in [0.2, 0.25) is 5.91 Å².